The van der Waals surface area contributed by atoms with Crippen LogP contribution in [0.2, 0.25) is 0 Å². The van der Waals surface area contributed by atoms with Crippen LogP contribution < -0.4 is 16.0 Å². The predicted octanol–water partition coefficient (Wildman–Crippen LogP) is 0.928. The summed E-state index contributed by atoms with van der Waals surface area (Å²) in [4.78, 5) is 29.7. The Morgan fingerprint density at radius 1 is 1.33 bits per heavy atom. The van der Waals surface area contributed by atoms with Crippen molar-refractivity contribution in [2.45, 2.75) is 6.92 Å². The third kappa shape index (κ3) is 2.71. The minimum atomic E-state index is -0.689. The lowest BCUT2D eigenvalue weighted by Crippen LogP contribution is -2.32. The van der Waals surface area contributed by atoms with E-state index in [1.807, 2.05) is 0 Å². The Bertz CT molecular complexity index is 818. The summed E-state index contributed by atoms with van der Waals surface area (Å²) in [7, 11) is 2.87. The second-order valence-corrected chi connectivity index (χ2v) is 4.39. The van der Waals surface area contributed by atoms with Crippen LogP contribution in [0.25, 0.3) is 0 Å². The Balaban J connectivity index is 2.62. The molecule has 110 valence electrons. The summed E-state index contributed by atoms with van der Waals surface area (Å²) in [5, 5.41) is 9.97. The molecular weight excluding hydrogens is 274 g/mol. The lowest BCUT2D eigenvalue weighted by Gasteiger charge is -2.08. The van der Waals surface area contributed by atoms with Crippen molar-refractivity contribution in [3.05, 3.63) is 50.7 Å². The molecule has 2 rings (SSSR count). The maximum atomic E-state index is 11.9. The number of nitrogens with one attached hydrogen (secondary N) is 1. The van der Waals surface area contributed by atoms with Crippen molar-refractivity contribution in [1.29, 1.82) is 0 Å². The van der Waals surface area contributed by atoms with Crippen molar-refractivity contribution in [3.63, 3.8) is 0 Å². The molecule has 0 aliphatic rings. The molecule has 0 aliphatic carbocycles. The molecule has 0 saturated carbocycles. The lowest BCUT2D eigenvalue weighted by atomic mass is 10.2. The van der Waals surface area contributed by atoms with Gasteiger partial charge in [0.1, 0.15) is 17.0 Å². The first kappa shape index (κ1) is 14.6. The number of rotatable bonds is 3. The Kier molecular flexibility index (Phi) is 3.93. The van der Waals surface area contributed by atoms with E-state index in [0.717, 1.165) is 4.57 Å². The molecule has 1 aromatic carbocycles. The summed E-state index contributed by atoms with van der Waals surface area (Å²) < 4.78 is 6.12. The number of aliphatic imine (C=N–C) groups is 1. The fraction of sp³-hybridized carbons (Fsp3) is 0.214. The van der Waals surface area contributed by atoms with Crippen molar-refractivity contribution in [3.8, 4) is 11.6 Å². The summed E-state index contributed by atoms with van der Waals surface area (Å²) in [5.41, 5.74) is -0.639. The highest BCUT2D eigenvalue weighted by Gasteiger charge is 2.15. The molecular formula is C14H15N3O4. The summed E-state index contributed by atoms with van der Waals surface area (Å²) in [6, 6.07) is 7.02. The zero-order valence-electron chi connectivity index (χ0n) is 11.9. The number of para-hydroxylation sites is 2. The zero-order valence-corrected chi connectivity index (χ0v) is 11.9. The lowest BCUT2D eigenvalue weighted by molar-refractivity contribution is 0.415. The molecule has 1 heterocycles. The van der Waals surface area contributed by atoms with E-state index in [4.69, 9.17) is 4.74 Å². The highest BCUT2D eigenvalue weighted by atomic mass is 16.5. The second-order valence-electron chi connectivity index (χ2n) is 4.39. The smallest absolute Gasteiger partial charge is 0.330 e. The number of H-pyrrole nitrogens is 1. The van der Waals surface area contributed by atoms with Gasteiger partial charge >= 0.3 is 5.69 Å². The van der Waals surface area contributed by atoms with Gasteiger partial charge < -0.3 is 9.84 Å². The van der Waals surface area contributed by atoms with Crippen molar-refractivity contribution in [2.24, 2.45) is 12.0 Å². The van der Waals surface area contributed by atoms with Crippen LogP contribution in [-0.2, 0) is 7.05 Å². The van der Waals surface area contributed by atoms with E-state index in [1.165, 1.54) is 14.2 Å². The molecule has 1 aromatic heterocycles. The minimum Gasteiger partial charge on any atom is -0.494 e. The van der Waals surface area contributed by atoms with E-state index < -0.39 is 17.1 Å². The minimum absolute atomic E-state index is 0.0528. The first-order valence-corrected chi connectivity index (χ1v) is 6.16. The van der Waals surface area contributed by atoms with Gasteiger partial charge in [0, 0.05) is 7.05 Å². The van der Waals surface area contributed by atoms with Crippen LogP contribution in [0.3, 0.4) is 0 Å². The molecule has 7 nitrogen and oxygen atoms in total. The van der Waals surface area contributed by atoms with Crippen LogP contribution in [0.1, 0.15) is 12.5 Å². The maximum absolute atomic E-state index is 11.9. The SMILES string of the molecule is COc1ccccc1N=C(C)c1c(O)n(C)c(=O)[nH]c1=O. The van der Waals surface area contributed by atoms with Gasteiger partial charge in [-0.1, -0.05) is 12.1 Å². The average Bonchev–Trinajstić information content (AvgIpc) is 2.45. The highest BCUT2D eigenvalue weighted by molar-refractivity contribution is 6.01. The Morgan fingerprint density at radius 2 is 2.00 bits per heavy atom. The molecule has 7 heteroatoms. The molecule has 0 atom stereocenters. The summed E-state index contributed by atoms with van der Waals surface area (Å²) in [6.07, 6.45) is 0. The van der Waals surface area contributed by atoms with E-state index in [9.17, 15) is 14.7 Å². The van der Waals surface area contributed by atoms with Gasteiger partial charge in [-0.25, -0.2) is 9.79 Å². The normalized spacial score (nSPS) is 11.5. The van der Waals surface area contributed by atoms with E-state index in [1.54, 1.807) is 31.2 Å². The Hall–Kier alpha value is -2.83. The fourth-order valence-electron chi connectivity index (χ4n) is 1.89. The van der Waals surface area contributed by atoms with Crippen LogP contribution in [0.15, 0.2) is 38.8 Å². The Labute approximate surface area is 120 Å². The standard InChI is InChI=1S/C14H15N3O4/c1-8(15-9-6-4-5-7-10(9)21-3)11-12(18)16-14(20)17(2)13(11)19/h4-7,19H,1-3H3,(H,16,18,20). The van der Waals surface area contributed by atoms with Gasteiger partial charge in [0.2, 0.25) is 5.88 Å². The molecule has 0 fully saturated rings. The topological polar surface area (TPSA) is 96.7 Å². The van der Waals surface area contributed by atoms with Gasteiger partial charge in [-0.2, -0.15) is 0 Å². The van der Waals surface area contributed by atoms with Crippen molar-refractivity contribution in [2.75, 3.05) is 7.11 Å². The molecule has 0 saturated heterocycles. The van der Waals surface area contributed by atoms with Gasteiger partial charge in [-0.15, -0.1) is 0 Å². The van der Waals surface area contributed by atoms with Gasteiger partial charge in [0.25, 0.3) is 5.56 Å². The van der Waals surface area contributed by atoms with Crippen LogP contribution in [0.4, 0.5) is 5.69 Å². The van der Waals surface area contributed by atoms with Crippen LogP contribution in [0, 0.1) is 0 Å². The molecule has 0 amide bonds. The molecule has 0 radical (unpaired) electrons. The highest BCUT2D eigenvalue weighted by Crippen LogP contribution is 2.27. The third-order valence-corrected chi connectivity index (χ3v) is 3.03. The number of aromatic nitrogens is 2. The number of nitrogens with zero attached hydrogens (tertiary/aromatic N) is 2. The molecule has 0 bridgehead atoms. The largest absolute Gasteiger partial charge is 0.494 e. The number of ether oxygens (including phenoxy) is 1. The molecule has 0 unspecified atom stereocenters. The number of aromatic amines is 1. The number of hydrogen-bond acceptors (Lipinski definition) is 5. The van der Waals surface area contributed by atoms with Crippen molar-refractivity contribution < 1.29 is 9.84 Å². The zero-order chi connectivity index (χ0) is 15.6. The first-order valence-electron chi connectivity index (χ1n) is 6.16. The van der Waals surface area contributed by atoms with Gasteiger partial charge in [-0.05, 0) is 19.1 Å². The van der Waals surface area contributed by atoms with E-state index in [0.29, 0.717) is 11.4 Å². The average molecular weight is 289 g/mol. The predicted molar refractivity (Wildman–Crippen MR) is 78.8 cm³/mol. The monoisotopic (exact) mass is 289 g/mol. The van der Waals surface area contributed by atoms with E-state index >= 15 is 0 Å². The fourth-order valence-corrected chi connectivity index (χ4v) is 1.89. The first-order chi connectivity index (χ1) is 9.95. The maximum Gasteiger partial charge on any atom is 0.330 e. The molecule has 0 spiro atoms. The van der Waals surface area contributed by atoms with Crippen LogP contribution >= 0.6 is 0 Å². The number of benzene rings is 1. The quantitative estimate of drug-likeness (QED) is 0.821. The summed E-state index contributed by atoms with van der Waals surface area (Å²) in [5.74, 6) is 0.109. The van der Waals surface area contributed by atoms with E-state index in [-0.39, 0.29) is 11.3 Å². The van der Waals surface area contributed by atoms with Crippen LogP contribution in [0.5, 0.6) is 11.6 Å². The van der Waals surface area contributed by atoms with Crippen molar-refractivity contribution >= 4 is 11.4 Å². The number of aromatic hydroxyl groups is 1. The number of methoxy groups -OCH3 is 1. The van der Waals surface area contributed by atoms with Gasteiger partial charge in [0.05, 0.1) is 12.8 Å². The molecule has 21 heavy (non-hydrogen) atoms. The molecule has 2 aromatic rings. The third-order valence-electron chi connectivity index (χ3n) is 3.03. The summed E-state index contributed by atoms with van der Waals surface area (Å²) >= 11 is 0. The van der Waals surface area contributed by atoms with Gasteiger partial charge in [-0.3, -0.25) is 14.3 Å². The van der Waals surface area contributed by atoms with E-state index in [2.05, 4.69) is 9.98 Å². The van der Waals surface area contributed by atoms with Crippen LogP contribution in [-0.4, -0.2) is 27.5 Å². The Morgan fingerprint density at radius 3 is 2.67 bits per heavy atom. The molecule has 2 N–H and O–H groups in total. The van der Waals surface area contributed by atoms with Gasteiger partial charge in [0.15, 0.2) is 0 Å². The number of hydrogen-bond donors (Lipinski definition) is 2. The van der Waals surface area contributed by atoms with Crippen molar-refractivity contribution in [1.82, 2.24) is 9.55 Å². The second kappa shape index (κ2) is 5.66. The summed E-state index contributed by atoms with van der Waals surface area (Å²) in [6.45, 7) is 1.57. The molecule has 0 aliphatic heterocycles.